The van der Waals surface area contributed by atoms with Crippen LogP contribution in [0.3, 0.4) is 0 Å². The maximum Gasteiger partial charge on any atom is 0.222 e. The summed E-state index contributed by atoms with van der Waals surface area (Å²) in [6.45, 7) is 1.88. The molecule has 0 aliphatic heterocycles. The van der Waals surface area contributed by atoms with Gasteiger partial charge in [-0.15, -0.1) is 0 Å². The second-order valence-corrected chi connectivity index (χ2v) is 6.67. The minimum Gasteiger partial charge on any atom is -0.493 e. The van der Waals surface area contributed by atoms with Gasteiger partial charge in [0.1, 0.15) is 11.3 Å². The topological polar surface area (TPSA) is 95.2 Å². The quantitative estimate of drug-likeness (QED) is 0.505. The largest absolute Gasteiger partial charge is 0.493 e. The Morgan fingerprint density at radius 1 is 0.900 bits per heavy atom. The lowest BCUT2D eigenvalue weighted by Gasteiger charge is -2.12. The highest BCUT2D eigenvalue weighted by molar-refractivity contribution is 5.90. The lowest BCUT2D eigenvalue weighted by atomic mass is 10.1. The van der Waals surface area contributed by atoms with Crippen LogP contribution in [-0.4, -0.2) is 29.2 Å². The molecule has 4 rings (SSSR count). The van der Waals surface area contributed by atoms with E-state index in [-0.39, 0.29) is 11.6 Å². The number of aryl methyl sites for hydroxylation is 1. The zero-order valence-corrected chi connectivity index (χ0v) is 16.7. The number of nitrogens with zero attached hydrogens (tertiary/aromatic N) is 3. The highest BCUT2D eigenvalue weighted by atomic mass is 19.1. The Morgan fingerprint density at radius 3 is 2.47 bits per heavy atom. The van der Waals surface area contributed by atoms with Gasteiger partial charge in [-0.05, 0) is 55.0 Å². The van der Waals surface area contributed by atoms with Crippen molar-refractivity contribution in [1.82, 2.24) is 15.0 Å². The molecule has 0 unspecified atom stereocenters. The number of ether oxygens (including phenoxy) is 2. The second-order valence-electron chi connectivity index (χ2n) is 6.67. The molecule has 2 heterocycles. The van der Waals surface area contributed by atoms with Gasteiger partial charge in [-0.25, -0.2) is 14.4 Å². The highest BCUT2D eigenvalue weighted by Gasteiger charge is 2.13. The van der Waals surface area contributed by atoms with Gasteiger partial charge in [0.15, 0.2) is 17.3 Å². The molecule has 2 aromatic carbocycles. The van der Waals surface area contributed by atoms with E-state index >= 15 is 0 Å². The lowest BCUT2D eigenvalue weighted by molar-refractivity contribution is 0.355. The van der Waals surface area contributed by atoms with Crippen molar-refractivity contribution >= 4 is 28.5 Å². The number of benzene rings is 2. The molecule has 0 saturated carbocycles. The first-order chi connectivity index (χ1) is 14.5. The third-order valence-electron chi connectivity index (χ3n) is 4.61. The molecule has 152 valence electrons. The summed E-state index contributed by atoms with van der Waals surface area (Å²) in [5.41, 5.74) is 9.55. The van der Waals surface area contributed by atoms with E-state index in [4.69, 9.17) is 20.2 Å². The van der Waals surface area contributed by atoms with Crippen LogP contribution in [0.15, 0.2) is 48.5 Å². The third kappa shape index (κ3) is 3.67. The van der Waals surface area contributed by atoms with Crippen molar-refractivity contribution in [3.63, 3.8) is 0 Å². The lowest BCUT2D eigenvalue weighted by Crippen LogP contribution is -2.04. The summed E-state index contributed by atoms with van der Waals surface area (Å²) in [7, 11) is 3.15. The van der Waals surface area contributed by atoms with Crippen molar-refractivity contribution in [2.45, 2.75) is 6.92 Å². The number of fused-ring (bicyclic) bond motifs is 1. The Morgan fingerprint density at radius 2 is 1.70 bits per heavy atom. The Hall–Kier alpha value is -3.94. The van der Waals surface area contributed by atoms with Crippen LogP contribution in [0.5, 0.6) is 11.5 Å². The number of hydrogen-bond donors (Lipinski definition) is 2. The van der Waals surface area contributed by atoms with Crippen LogP contribution in [-0.2, 0) is 0 Å². The Kier molecular flexibility index (Phi) is 5.05. The fraction of sp³-hybridized carbons (Fsp3) is 0.136. The normalized spacial score (nSPS) is 10.8. The maximum absolute atomic E-state index is 14.3. The molecule has 0 fully saturated rings. The van der Waals surface area contributed by atoms with Gasteiger partial charge in [0, 0.05) is 5.56 Å². The molecule has 0 bridgehead atoms. The van der Waals surface area contributed by atoms with E-state index in [0.717, 1.165) is 11.1 Å². The average Bonchev–Trinajstić information content (AvgIpc) is 2.75. The summed E-state index contributed by atoms with van der Waals surface area (Å²) in [6, 6.07) is 13.9. The van der Waals surface area contributed by atoms with E-state index in [1.54, 1.807) is 38.5 Å². The number of aromatic nitrogens is 3. The molecule has 30 heavy (non-hydrogen) atoms. The monoisotopic (exact) mass is 405 g/mol. The van der Waals surface area contributed by atoms with E-state index in [0.29, 0.717) is 34.0 Å². The fourth-order valence-corrected chi connectivity index (χ4v) is 3.14. The smallest absolute Gasteiger partial charge is 0.222 e. The number of nitrogens with two attached hydrogens (primary N) is 1. The SMILES string of the molecule is COc1ccc(-c2ccc3nc(N)nc(Nc4cc(C)ccc4F)c3n2)cc1OC. The molecule has 0 amide bonds. The van der Waals surface area contributed by atoms with Crippen LogP contribution in [0, 0.1) is 12.7 Å². The third-order valence-corrected chi connectivity index (χ3v) is 4.61. The molecule has 8 heteroatoms. The molecular formula is C22H20FN5O2. The maximum atomic E-state index is 14.3. The van der Waals surface area contributed by atoms with Crippen LogP contribution in [0.25, 0.3) is 22.3 Å². The van der Waals surface area contributed by atoms with Gasteiger partial charge < -0.3 is 20.5 Å². The van der Waals surface area contributed by atoms with Gasteiger partial charge in [0.25, 0.3) is 0 Å². The minimum absolute atomic E-state index is 0.0683. The van der Waals surface area contributed by atoms with Gasteiger partial charge in [-0.1, -0.05) is 6.07 Å². The summed E-state index contributed by atoms with van der Waals surface area (Å²) < 4.78 is 24.9. The molecule has 4 aromatic rings. The number of hydrogen-bond acceptors (Lipinski definition) is 7. The Balaban J connectivity index is 1.83. The molecule has 0 aliphatic rings. The second kappa shape index (κ2) is 7.82. The number of nitrogen functional groups attached to an aromatic ring is 1. The van der Waals surface area contributed by atoms with Crippen LogP contribution < -0.4 is 20.5 Å². The van der Waals surface area contributed by atoms with Crippen molar-refractivity contribution in [1.29, 1.82) is 0 Å². The molecule has 0 saturated heterocycles. The Bertz CT molecular complexity index is 1250. The van der Waals surface area contributed by atoms with Crippen molar-refractivity contribution in [3.8, 4) is 22.8 Å². The number of rotatable bonds is 5. The first kappa shape index (κ1) is 19.4. The van der Waals surface area contributed by atoms with Gasteiger partial charge in [-0.3, -0.25) is 0 Å². The van der Waals surface area contributed by atoms with E-state index in [1.807, 2.05) is 25.1 Å². The number of methoxy groups -OCH3 is 2. The fourth-order valence-electron chi connectivity index (χ4n) is 3.14. The predicted octanol–water partition coefficient (Wildman–Crippen LogP) is 4.48. The summed E-state index contributed by atoms with van der Waals surface area (Å²) in [4.78, 5) is 13.2. The van der Waals surface area contributed by atoms with E-state index < -0.39 is 5.82 Å². The zero-order chi connectivity index (χ0) is 21.3. The average molecular weight is 405 g/mol. The predicted molar refractivity (Wildman–Crippen MR) is 115 cm³/mol. The summed E-state index contributed by atoms with van der Waals surface area (Å²) in [6.07, 6.45) is 0. The minimum atomic E-state index is -0.401. The summed E-state index contributed by atoms with van der Waals surface area (Å²) in [5, 5.41) is 3.00. The van der Waals surface area contributed by atoms with Gasteiger partial charge in [0.2, 0.25) is 5.95 Å². The number of pyridine rings is 1. The molecule has 7 nitrogen and oxygen atoms in total. The van der Waals surface area contributed by atoms with Crippen LogP contribution in [0.2, 0.25) is 0 Å². The molecule has 0 atom stereocenters. The van der Waals surface area contributed by atoms with E-state index in [2.05, 4.69) is 15.3 Å². The molecule has 0 aliphatic carbocycles. The molecular weight excluding hydrogens is 385 g/mol. The van der Waals surface area contributed by atoms with Crippen molar-refractivity contribution in [3.05, 3.63) is 59.9 Å². The van der Waals surface area contributed by atoms with Gasteiger partial charge in [0.05, 0.1) is 31.1 Å². The van der Waals surface area contributed by atoms with E-state index in [1.165, 1.54) is 6.07 Å². The van der Waals surface area contributed by atoms with Gasteiger partial charge >= 0.3 is 0 Å². The molecule has 2 aromatic heterocycles. The van der Waals surface area contributed by atoms with Crippen molar-refractivity contribution in [2.75, 3.05) is 25.3 Å². The molecule has 3 N–H and O–H groups in total. The standard InChI is InChI=1S/C22H20FN5O2/c1-12-4-6-14(23)17(10-12)26-21-20-16(27-22(24)28-21)8-7-15(25-20)13-5-9-18(29-2)19(11-13)30-3/h4-11H,1-3H3,(H3,24,26,27,28). The van der Waals surface area contributed by atoms with Crippen LogP contribution in [0.4, 0.5) is 21.8 Å². The zero-order valence-electron chi connectivity index (χ0n) is 16.7. The van der Waals surface area contributed by atoms with E-state index in [9.17, 15) is 4.39 Å². The van der Waals surface area contributed by atoms with Crippen LogP contribution >= 0.6 is 0 Å². The number of halogens is 1. The molecule has 0 radical (unpaired) electrons. The first-order valence-corrected chi connectivity index (χ1v) is 9.18. The van der Waals surface area contributed by atoms with Crippen LogP contribution in [0.1, 0.15) is 5.56 Å². The Labute approximate surface area is 172 Å². The summed E-state index contributed by atoms with van der Waals surface area (Å²) in [5.74, 6) is 1.20. The van der Waals surface area contributed by atoms with Gasteiger partial charge in [-0.2, -0.15) is 4.98 Å². The highest BCUT2D eigenvalue weighted by Crippen LogP contribution is 2.33. The first-order valence-electron chi connectivity index (χ1n) is 9.18. The number of nitrogens with one attached hydrogen (secondary N) is 1. The molecule has 0 spiro atoms. The van der Waals surface area contributed by atoms with Crippen molar-refractivity contribution < 1.29 is 13.9 Å². The van der Waals surface area contributed by atoms with Crippen molar-refractivity contribution in [2.24, 2.45) is 0 Å². The summed E-state index contributed by atoms with van der Waals surface area (Å²) >= 11 is 0. The number of anilines is 3.